The standard InChI is InChI=1S/C20H22N4O6/c25-15-5-4-14(18(28)22-15)24-19(29)12-2-1-3-13(17(12)20(24)30)21-11-6-8-23(9-7-11)10-16(26)27/h1-3,11,14,21H,4-10H2,(H,26,27)(H,22,25,28). The van der Waals surface area contributed by atoms with Crippen LogP contribution in [0.25, 0.3) is 0 Å². The molecule has 1 unspecified atom stereocenters. The average molecular weight is 414 g/mol. The van der Waals surface area contributed by atoms with Crippen molar-refractivity contribution in [2.45, 2.75) is 37.8 Å². The topological polar surface area (TPSA) is 136 Å². The van der Waals surface area contributed by atoms with E-state index in [9.17, 15) is 24.0 Å². The van der Waals surface area contributed by atoms with Crippen molar-refractivity contribution < 1.29 is 29.1 Å². The molecule has 30 heavy (non-hydrogen) atoms. The van der Waals surface area contributed by atoms with Crippen LogP contribution in [0.2, 0.25) is 0 Å². The molecule has 3 N–H and O–H groups in total. The van der Waals surface area contributed by atoms with Gasteiger partial charge in [-0.3, -0.25) is 39.1 Å². The van der Waals surface area contributed by atoms with Gasteiger partial charge in [0.1, 0.15) is 6.04 Å². The molecule has 158 valence electrons. The van der Waals surface area contributed by atoms with Crippen molar-refractivity contribution in [2.24, 2.45) is 0 Å². The molecular formula is C20H22N4O6. The number of fused-ring (bicyclic) bond motifs is 1. The maximum atomic E-state index is 13.1. The summed E-state index contributed by atoms with van der Waals surface area (Å²) in [6.45, 7) is 1.24. The summed E-state index contributed by atoms with van der Waals surface area (Å²) in [7, 11) is 0. The Hall–Kier alpha value is -3.27. The molecule has 0 spiro atoms. The molecule has 4 rings (SSSR count). The van der Waals surface area contributed by atoms with Crippen LogP contribution in [-0.2, 0) is 14.4 Å². The minimum atomic E-state index is -0.998. The van der Waals surface area contributed by atoms with Crippen LogP contribution >= 0.6 is 0 Å². The quantitative estimate of drug-likeness (QED) is 0.575. The summed E-state index contributed by atoms with van der Waals surface area (Å²) in [6.07, 6.45) is 1.59. The summed E-state index contributed by atoms with van der Waals surface area (Å²) >= 11 is 0. The Morgan fingerprint density at radius 2 is 1.83 bits per heavy atom. The smallest absolute Gasteiger partial charge is 0.317 e. The van der Waals surface area contributed by atoms with Crippen molar-refractivity contribution in [2.75, 3.05) is 25.0 Å². The number of imide groups is 2. The molecule has 1 aromatic rings. The first-order valence-corrected chi connectivity index (χ1v) is 9.90. The van der Waals surface area contributed by atoms with Crippen LogP contribution in [0.1, 0.15) is 46.4 Å². The van der Waals surface area contributed by atoms with Gasteiger partial charge in [0.2, 0.25) is 11.8 Å². The Bertz CT molecular complexity index is 937. The van der Waals surface area contributed by atoms with Crippen LogP contribution < -0.4 is 10.6 Å². The predicted octanol–water partition coefficient (Wildman–Crippen LogP) is 0.0487. The summed E-state index contributed by atoms with van der Waals surface area (Å²) in [5.41, 5.74) is 0.996. The summed E-state index contributed by atoms with van der Waals surface area (Å²) in [5.74, 6) is -2.99. The van der Waals surface area contributed by atoms with Crippen molar-refractivity contribution in [1.29, 1.82) is 0 Å². The third kappa shape index (κ3) is 3.65. The second kappa shape index (κ2) is 7.86. The highest BCUT2D eigenvalue weighted by molar-refractivity contribution is 6.25. The van der Waals surface area contributed by atoms with Crippen LogP contribution in [0, 0.1) is 0 Å². The van der Waals surface area contributed by atoms with Gasteiger partial charge in [0.05, 0.1) is 17.7 Å². The second-order valence-corrected chi connectivity index (χ2v) is 7.76. The van der Waals surface area contributed by atoms with Crippen molar-refractivity contribution in [3.8, 4) is 0 Å². The van der Waals surface area contributed by atoms with Crippen molar-refractivity contribution >= 4 is 35.3 Å². The zero-order valence-electron chi connectivity index (χ0n) is 16.2. The lowest BCUT2D eigenvalue weighted by atomic mass is 10.0. The molecule has 3 aliphatic rings. The number of carbonyl (C=O) groups excluding carboxylic acids is 4. The van der Waals surface area contributed by atoms with Crippen molar-refractivity contribution in [3.63, 3.8) is 0 Å². The molecule has 0 radical (unpaired) electrons. The van der Waals surface area contributed by atoms with Gasteiger partial charge in [-0.1, -0.05) is 6.07 Å². The average Bonchev–Trinajstić information content (AvgIpc) is 2.95. The lowest BCUT2D eigenvalue weighted by Crippen LogP contribution is -2.54. The first-order valence-electron chi connectivity index (χ1n) is 9.90. The van der Waals surface area contributed by atoms with E-state index < -0.39 is 35.6 Å². The van der Waals surface area contributed by atoms with Gasteiger partial charge in [-0.25, -0.2) is 0 Å². The molecule has 0 bridgehead atoms. The Kier molecular flexibility index (Phi) is 5.25. The van der Waals surface area contributed by atoms with Gasteiger partial charge in [-0.15, -0.1) is 0 Å². The predicted molar refractivity (Wildman–Crippen MR) is 104 cm³/mol. The third-order valence-corrected chi connectivity index (χ3v) is 5.77. The van der Waals surface area contributed by atoms with Gasteiger partial charge in [-0.05, 0) is 31.4 Å². The number of likely N-dealkylation sites (tertiary alicyclic amines) is 1. The minimum absolute atomic E-state index is 0.00135. The number of nitrogens with one attached hydrogen (secondary N) is 2. The Labute approximate surface area is 172 Å². The van der Waals surface area contributed by atoms with E-state index in [0.29, 0.717) is 31.6 Å². The minimum Gasteiger partial charge on any atom is -0.480 e. The van der Waals surface area contributed by atoms with Gasteiger partial charge in [0, 0.05) is 31.2 Å². The molecular weight excluding hydrogens is 392 g/mol. The number of hydrogen-bond donors (Lipinski definition) is 3. The van der Waals surface area contributed by atoms with Gasteiger partial charge < -0.3 is 10.4 Å². The van der Waals surface area contributed by atoms with E-state index in [-0.39, 0.29) is 36.6 Å². The number of piperidine rings is 2. The lowest BCUT2D eigenvalue weighted by molar-refractivity contribution is -0.139. The highest BCUT2D eigenvalue weighted by Crippen LogP contribution is 2.33. The van der Waals surface area contributed by atoms with E-state index in [1.165, 1.54) is 0 Å². The molecule has 0 saturated carbocycles. The van der Waals surface area contributed by atoms with Gasteiger partial charge in [0.25, 0.3) is 11.8 Å². The zero-order valence-corrected chi connectivity index (χ0v) is 16.2. The van der Waals surface area contributed by atoms with E-state index in [4.69, 9.17) is 5.11 Å². The number of nitrogens with zero attached hydrogens (tertiary/aromatic N) is 2. The Morgan fingerprint density at radius 3 is 2.50 bits per heavy atom. The maximum absolute atomic E-state index is 13.1. The molecule has 0 aliphatic carbocycles. The molecule has 10 nitrogen and oxygen atoms in total. The Morgan fingerprint density at radius 1 is 1.10 bits per heavy atom. The molecule has 2 fully saturated rings. The van der Waals surface area contributed by atoms with Crippen molar-refractivity contribution in [3.05, 3.63) is 29.3 Å². The summed E-state index contributed by atoms with van der Waals surface area (Å²) < 4.78 is 0. The second-order valence-electron chi connectivity index (χ2n) is 7.76. The number of benzene rings is 1. The number of amides is 4. The number of carboxylic acid groups (broad SMARTS) is 1. The first-order chi connectivity index (χ1) is 14.3. The molecule has 3 heterocycles. The Balaban J connectivity index is 1.50. The van der Waals surface area contributed by atoms with Crippen LogP contribution in [0.3, 0.4) is 0 Å². The largest absolute Gasteiger partial charge is 0.480 e. The highest BCUT2D eigenvalue weighted by Gasteiger charge is 2.45. The van der Waals surface area contributed by atoms with Gasteiger partial charge >= 0.3 is 5.97 Å². The number of carboxylic acids is 1. The highest BCUT2D eigenvalue weighted by atomic mass is 16.4. The fraction of sp³-hybridized carbons (Fsp3) is 0.450. The van der Waals surface area contributed by atoms with E-state index in [0.717, 1.165) is 4.90 Å². The third-order valence-electron chi connectivity index (χ3n) is 5.77. The molecule has 10 heteroatoms. The van der Waals surface area contributed by atoms with Crippen molar-refractivity contribution in [1.82, 2.24) is 15.1 Å². The SMILES string of the molecule is O=C(O)CN1CCC(Nc2cccc3c2C(=O)N(C2CCC(=O)NC2=O)C3=O)CC1. The molecule has 2 saturated heterocycles. The number of anilines is 1. The normalized spacial score (nSPS) is 22.8. The van der Waals surface area contributed by atoms with E-state index in [1.807, 2.05) is 4.90 Å². The van der Waals surface area contributed by atoms with Crippen LogP contribution in [0.4, 0.5) is 5.69 Å². The fourth-order valence-corrected chi connectivity index (χ4v) is 4.28. The van der Waals surface area contributed by atoms with Gasteiger partial charge in [0.15, 0.2) is 0 Å². The van der Waals surface area contributed by atoms with Crippen LogP contribution in [0.15, 0.2) is 18.2 Å². The molecule has 1 atom stereocenters. The lowest BCUT2D eigenvalue weighted by Gasteiger charge is -2.32. The van der Waals surface area contributed by atoms with E-state index in [1.54, 1.807) is 18.2 Å². The van der Waals surface area contributed by atoms with E-state index >= 15 is 0 Å². The van der Waals surface area contributed by atoms with Crippen LogP contribution in [-0.4, -0.2) is 76.2 Å². The summed E-state index contributed by atoms with van der Waals surface area (Å²) in [6, 6.07) is 4.00. The number of rotatable bonds is 5. The van der Waals surface area contributed by atoms with E-state index in [2.05, 4.69) is 10.6 Å². The number of carbonyl (C=O) groups is 5. The summed E-state index contributed by atoms with van der Waals surface area (Å²) in [5, 5.41) is 14.4. The first kappa shape index (κ1) is 20.0. The summed E-state index contributed by atoms with van der Waals surface area (Å²) in [4.78, 5) is 63.2. The zero-order chi connectivity index (χ0) is 21.4. The molecule has 3 aliphatic heterocycles. The molecule has 0 aromatic heterocycles. The maximum Gasteiger partial charge on any atom is 0.317 e. The molecule has 1 aromatic carbocycles. The fourth-order valence-electron chi connectivity index (χ4n) is 4.28. The van der Waals surface area contributed by atoms with Gasteiger partial charge in [-0.2, -0.15) is 0 Å². The van der Waals surface area contributed by atoms with Crippen LogP contribution in [0.5, 0.6) is 0 Å². The monoisotopic (exact) mass is 414 g/mol. The number of hydrogen-bond acceptors (Lipinski definition) is 7. The molecule has 4 amide bonds. The number of aliphatic carboxylic acids is 1.